The molecule has 4 aromatic rings. The molecule has 8 heteroatoms. The molecular weight excluding hydrogens is 448 g/mol. The molecule has 35 heavy (non-hydrogen) atoms. The SMILES string of the molecule is O=c1ccn([C@]2(c3ccccc3)O[C@H](CO)[C@@H](O)[C@]2(O)c2ccccc2)c(=O)n1-c1ccccc1. The fraction of sp³-hybridized carbons (Fsp3) is 0.185. The topological polar surface area (TPSA) is 114 Å². The second-order valence-corrected chi connectivity index (χ2v) is 8.40. The van der Waals surface area contributed by atoms with Crippen LogP contribution < -0.4 is 11.2 Å². The van der Waals surface area contributed by atoms with Gasteiger partial charge in [-0.05, 0) is 17.7 Å². The van der Waals surface area contributed by atoms with Crippen LogP contribution >= 0.6 is 0 Å². The van der Waals surface area contributed by atoms with Crippen molar-refractivity contribution >= 4 is 0 Å². The van der Waals surface area contributed by atoms with Crippen molar-refractivity contribution in [2.45, 2.75) is 23.5 Å². The monoisotopic (exact) mass is 472 g/mol. The smallest absolute Gasteiger partial charge is 0.338 e. The van der Waals surface area contributed by atoms with Crippen LogP contribution in [0.1, 0.15) is 11.1 Å². The first-order chi connectivity index (χ1) is 16.9. The maximum atomic E-state index is 14.0. The number of aromatic nitrogens is 2. The van der Waals surface area contributed by atoms with Crippen LogP contribution in [0.2, 0.25) is 0 Å². The predicted molar refractivity (Wildman–Crippen MR) is 128 cm³/mol. The highest BCUT2D eigenvalue weighted by Crippen LogP contribution is 2.53. The standard InChI is InChI=1S/C27H24N2O6/c30-18-22-24(32)26(34,19-10-4-1-5-11-19)27(35-22,20-12-6-2-7-13-20)28-17-16-23(31)29(25(28)33)21-14-8-3-9-15-21/h1-17,22,24,30,32,34H,18H2/t22-,24-,26-,27-/m1/s1. The van der Waals surface area contributed by atoms with E-state index in [9.17, 15) is 24.9 Å². The van der Waals surface area contributed by atoms with Gasteiger partial charge in [0.1, 0.15) is 12.2 Å². The Morgan fingerprint density at radius 3 is 1.91 bits per heavy atom. The van der Waals surface area contributed by atoms with E-state index in [1.807, 2.05) is 0 Å². The number of hydrogen-bond donors (Lipinski definition) is 3. The molecular formula is C27H24N2O6. The van der Waals surface area contributed by atoms with E-state index in [4.69, 9.17) is 4.74 Å². The van der Waals surface area contributed by atoms with Crippen molar-refractivity contribution in [1.82, 2.24) is 9.13 Å². The van der Waals surface area contributed by atoms with E-state index >= 15 is 0 Å². The maximum Gasteiger partial charge on any atom is 0.338 e. The fourth-order valence-electron chi connectivity index (χ4n) is 4.90. The molecule has 3 aromatic carbocycles. The van der Waals surface area contributed by atoms with Gasteiger partial charge in [0.15, 0.2) is 5.60 Å². The minimum Gasteiger partial charge on any atom is -0.394 e. The van der Waals surface area contributed by atoms with Gasteiger partial charge in [0.05, 0.1) is 12.3 Å². The van der Waals surface area contributed by atoms with Crippen LogP contribution in [0.5, 0.6) is 0 Å². The van der Waals surface area contributed by atoms with Gasteiger partial charge in [-0.25, -0.2) is 9.36 Å². The molecule has 1 fully saturated rings. The van der Waals surface area contributed by atoms with Crippen LogP contribution in [0.4, 0.5) is 0 Å². The highest BCUT2D eigenvalue weighted by Gasteiger charge is 2.68. The van der Waals surface area contributed by atoms with E-state index in [0.717, 1.165) is 9.13 Å². The summed E-state index contributed by atoms with van der Waals surface area (Å²) in [5.74, 6) is 0. The van der Waals surface area contributed by atoms with Gasteiger partial charge < -0.3 is 20.1 Å². The number of para-hydroxylation sites is 1. The average Bonchev–Trinajstić information content (AvgIpc) is 3.14. The van der Waals surface area contributed by atoms with Crippen LogP contribution in [0.3, 0.4) is 0 Å². The first kappa shape index (κ1) is 22.9. The van der Waals surface area contributed by atoms with Gasteiger partial charge in [0.2, 0.25) is 5.72 Å². The van der Waals surface area contributed by atoms with E-state index in [1.54, 1.807) is 91.0 Å². The molecule has 4 atom stereocenters. The van der Waals surface area contributed by atoms with Gasteiger partial charge in [-0.1, -0.05) is 78.9 Å². The Balaban J connectivity index is 1.91. The summed E-state index contributed by atoms with van der Waals surface area (Å²) in [6, 6.07) is 26.5. The predicted octanol–water partition coefficient (Wildman–Crippen LogP) is 1.34. The van der Waals surface area contributed by atoms with E-state index in [2.05, 4.69) is 0 Å². The van der Waals surface area contributed by atoms with Crippen molar-refractivity contribution in [1.29, 1.82) is 0 Å². The molecule has 1 aliphatic rings. The largest absolute Gasteiger partial charge is 0.394 e. The van der Waals surface area contributed by atoms with Crippen LogP contribution in [0, 0.1) is 0 Å². The molecule has 0 aliphatic carbocycles. The summed E-state index contributed by atoms with van der Waals surface area (Å²) in [5, 5.41) is 33.8. The molecule has 1 aliphatic heterocycles. The zero-order chi connectivity index (χ0) is 24.6. The summed E-state index contributed by atoms with van der Waals surface area (Å²) in [4.78, 5) is 26.8. The highest BCUT2D eigenvalue weighted by atomic mass is 16.6. The van der Waals surface area contributed by atoms with Gasteiger partial charge in [-0.15, -0.1) is 0 Å². The Bertz CT molecular complexity index is 1440. The second-order valence-electron chi connectivity index (χ2n) is 8.40. The number of aliphatic hydroxyl groups excluding tert-OH is 2. The zero-order valence-corrected chi connectivity index (χ0v) is 18.6. The van der Waals surface area contributed by atoms with E-state index < -0.39 is 41.4 Å². The molecule has 5 rings (SSSR count). The first-order valence-corrected chi connectivity index (χ1v) is 11.2. The average molecular weight is 472 g/mol. The van der Waals surface area contributed by atoms with Crippen molar-refractivity contribution in [3.8, 4) is 5.69 Å². The molecule has 0 radical (unpaired) electrons. The molecule has 0 unspecified atom stereocenters. The maximum absolute atomic E-state index is 14.0. The van der Waals surface area contributed by atoms with Gasteiger partial charge in [-0.3, -0.25) is 9.36 Å². The molecule has 0 spiro atoms. The molecule has 1 saturated heterocycles. The fourth-order valence-corrected chi connectivity index (χ4v) is 4.90. The van der Waals surface area contributed by atoms with Gasteiger partial charge in [-0.2, -0.15) is 0 Å². The van der Waals surface area contributed by atoms with Crippen molar-refractivity contribution < 1.29 is 20.1 Å². The summed E-state index contributed by atoms with van der Waals surface area (Å²) in [6.45, 7) is -0.613. The summed E-state index contributed by atoms with van der Waals surface area (Å²) < 4.78 is 8.35. The Kier molecular flexibility index (Phi) is 5.74. The summed E-state index contributed by atoms with van der Waals surface area (Å²) in [7, 11) is 0. The number of ether oxygens (including phenoxy) is 1. The Hall–Kier alpha value is -3.82. The molecule has 8 nitrogen and oxygen atoms in total. The van der Waals surface area contributed by atoms with E-state index in [1.165, 1.54) is 12.3 Å². The lowest BCUT2D eigenvalue weighted by Crippen LogP contribution is -2.60. The summed E-state index contributed by atoms with van der Waals surface area (Å²) in [5.41, 5.74) is -4.64. The Morgan fingerprint density at radius 2 is 1.34 bits per heavy atom. The molecule has 0 amide bonds. The molecule has 2 heterocycles. The third-order valence-electron chi connectivity index (χ3n) is 6.52. The lowest BCUT2D eigenvalue weighted by atomic mass is 9.76. The van der Waals surface area contributed by atoms with Crippen molar-refractivity contribution in [3.63, 3.8) is 0 Å². The second kappa shape index (κ2) is 8.75. The van der Waals surface area contributed by atoms with Crippen molar-refractivity contribution in [2.75, 3.05) is 6.61 Å². The number of rotatable bonds is 5. The minimum atomic E-state index is -2.22. The van der Waals surface area contributed by atoms with Crippen LogP contribution in [0.15, 0.2) is 113 Å². The highest BCUT2D eigenvalue weighted by molar-refractivity contribution is 5.39. The Labute approximate surface area is 200 Å². The van der Waals surface area contributed by atoms with Crippen LogP contribution in [-0.4, -0.2) is 43.3 Å². The molecule has 178 valence electrons. The number of aliphatic hydroxyl groups is 3. The molecule has 0 saturated carbocycles. The lowest BCUT2D eigenvalue weighted by Gasteiger charge is -2.43. The third kappa shape index (κ3) is 3.30. The molecule has 1 aromatic heterocycles. The van der Waals surface area contributed by atoms with Crippen molar-refractivity contribution in [3.05, 3.63) is 135 Å². The first-order valence-electron chi connectivity index (χ1n) is 11.2. The van der Waals surface area contributed by atoms with Gasteiger partial charge in [0, 0.05) is 17.8 Å². The number of nitrogens with zero attached hydrogens (tertiary/aromatic N) is 2. The lowest BCUT2D eigenvalue weighted by molar-refractivity contribution is -0.177. The van der Waals surface area contributed by atoms with Crippen LogP contribution in [0.25, 0.3) is 5.69 Å². The van der Waals surface area contributed by atoms with E-state index in [0.29, 0.717) is 11.3 Å². The number of benzene rings is 3. The quantitative estimate of drug-likeness (QED) is 0.404. The molecule has 3 N–H and O–H groups in total. The summed E-state index contributed by atoms with van der Waals surface area (Å²) >= 11 is 0. The Morgan fingerprint density at radius 1 is 0.800 bits per heavy atom. The summed E-state index contributed by atoms with van der Waals surface area (Å²) in [6.07, 6.45) is -1.60. The van der Waals surface area contributed by atoms with Gasteiger partial charge >= 0.3 is 5.69 Å². The zero-order valence-electron chi connectivity index (χ0n) is 18.6. The van der Waals surface area contributed by atoms with Crippen molar-refractivity contribution in [2.24, 2.45) is 0 Å². The van der Waals surface area contributed by atoms with Crippen LogP contribution in [-0.2, 0) is 16.1 Å². The van der Waals surface area contributed by atoms with E-state index in [-0.39, 0.29) is 5.56 Å². The van der Waals surface area contributed by atoms with Gasteiger partial charge in [0.25, 0.3) is 5.56 Å². The third-order valence-corrected chi connectivity index (χ3v) is 6.52. The minimum absolute atomic E-state index is 0.275. The molecule has 0 bridgehead atoms. The normalized spacial score (nSPS) is 26.0. The number of hydrogen-bond acceptors (Lipinski definition) is 6.